The first-order valence-electron chi connectivity index (χ1n) is 5.37. The van der Waals surface area contributed by atoms with Crippen LogP contribution in [0.15, 0.2) is 37.9 Å². The average Bonchev–Trinajstić information content (AvgIpc) is 2.59. The summed E-state index contributed by atoms with van der Waals surface area (Å²) in [5, 5.41) is 10.4. The molecule has 1 aromatic heterocycles. The molecule has 1 aliphatic rings. The minimum atomic E-state index is -0.415. The highest BCUT2D eigenvalue weighted by molar-refractivity contribution is 9.12. The van der Waals surface area contributed by atoms with Crippen molar-refractivity contribution in [2.24, 2.45) is 0 Å². The third-order valence-electron chi connectivity index (χ3n) is 3.28. The Hall–Kier alpha value is -0.160. The Labute approximate surface area is 121 Å². The minimum Gasteiger partial charge on any atom is -0.388 e. The summed E-state index contributed by atoms with van der Waals surface area (Å²) >= 11 is 8.56. The van der Waals surface area contributed by atoms with Crippen LogP contribution in [0.3, 0.4) is 0 Å². The third kappa shape index (κ3) is 2.01. The maximum atomic E-state index is 10.4. The van der Waals surface area contributed by atoms with Crippen LogP contribution in [-0.4, -0.2) is 5.11 Å². The number of hydrogen-bond acceptors (Lipinski definition) is 2. The number of hydrogen-bond donors (Lipinski definition) is 1. The van der Waals surface area contributed by atoms with E-state index in [1.165, 1.54) is 11.1 Å². The lowest BCUT2D eigenvalue weighted by Gasteiger charge is -2.33. The van der Waals surface area contributed by atoms with Gasteiger partial charge in [0.2, 0.25) is 0 Å². The van der Waals surface area contributed by atoms with Gasteiger partial charge in [-0.05, 0) is 55.5 Å². The predicted molar refractivity (Wildman–Crippen MR) is 77.6 cm³/mol. The molecule has 0 bridgehead atoms. The van der Waals surface area contributed by atoms with Gasteiger partial charge >= 0.3 is 0 Å². The van der Waals surface area contributed by atoms with Crippen molar-refractivity contribution in [1.29, 1.82) is 0 Å². The lowest BCUT2D eigenvalue weighted by molar-refractivity contribution is 0.134. The lowest BCUT2D eigenvalue weighted by atomic mass is 9.73. The molecule has 1 nitrogen and oxygen atoms in total. The zero-order valence-electron chi connectivity index (χ0n) is 8.86. The van der Waals surface area contributed by atoms with Gasteiger partial charge in [-0.25, -0.2) is 0 Å². The highest BCUT2D eigenvalue weighted by atomic mass is 79.9. The van der Waals surface area contributed by atoms with Crippen LogP contribution in [0.1, 0.15) is 28.7 Å². The first-order chi connectivity index (χ1) is 8.16. The molecule has 0 saturated heterocycles. The summed E-state index contributed by atoms with van der Waals surface area (Å²) in [6.07, 6.45) is 0.555. The molecule has 0 spiro atoms. The molecule has 2 atom stereocenters. The Bertz CT molecular complexity index is 564. The minimum absolute atomic E-state index is 0.240. The van der Waals surface area contributed by atoms with E-state index in [2.05, 4.69) is 50.1 Å². The first-order valence-corrected chi connectivity index (χ1v) is 7.77. The zero-order chi connectivity index (χ0) is 12.0. The quantitative estimate of drug-likeness (QED) is 0.812. The molecule has 1 aliphatic carbocycles. The molecule has 0 aliphatic heterocycles. The smallest absolute Gasteiger partial charge is 0.0881 e. The second kappa shape index (κ2) is 4.50. The predicted octanol–water partition coefficient (Wildman–Crippen LogP) is 4.65. The van der Waals surface area contributed by atoms with E-state index in [0.29, 0.717) is 0 Å². The maximum absolute atomic E-state index is 10.4. The SMILES string of the molecule is OC(c1cc(Br)sc1Br)C1Cc2ccccc21. The molecule has 0 saturated carbocycles. The highest BCUT2D eigenvalue weighted by Crippen LogP contribution is 2.47. The van der Waals surface area contributed by atoms with E-state index < -0.39 is 6.10 Å². The summed E-state index contributed by atoms with van der Waals surface area (Å²) in [4.78, 5) is 0. The van der Waals surface area contributed by atoms with Gasteiger partial charge in [0, 0.05) is 11.5 Å². The fraction of sp³-hybridized carbons (Fsp3) is 0.231. The van der Waals surface area contributed by atoms with Crippen LogP contribution in [0.5, 0.6) is 0 Å². The van der Waals surface area contributed by atoms with Gasteiger partial charge in [-0.15, -0.1) is 11.3 Å². The molecule has 4 heteroatoms. The van der Waals surface area contributed by atoms with Crippen LogP contribution < -0.4 is 0 Å². The van der Waals surface area contributed by atoms with E-state index in [1.807, 2.05) is 12.1 Å². The van der Waals surface area contributed by atoms with Gasteiger partial charge in [0.05, 0.1) is 13.7 Å². The molecule has 0 amide bonds. The molecule has 0 fully saturated rings. The van der Waals surface area contributed by atoms with Crippen molar-refractivity contribution in [2.75, 3.05) is 0 Å². The number of halogens is 2. The van der Waals surface area contributed by atoms with E-state index in [4.69, 9.17) is 0 Å². The Morgan fingerprint density at radius 3 is 2.71 bits per heavy atom. The van der Waals surface area contributed by atoms with E-state index in [0.717, 1.165) is 19.6 Å². The van der Waals surface area contributed by atoms with Gasteiger partial charge in [0.1, 0.15) is 0 Å². The number of benzene rings is 1. The maximum Gasteiger partial charge on any atom is 0.0881 e. The largest absolute Gasteiger partial charge is 0.388 e. The van der Waals surface area contributed by atoms with Crippen molar-refractivity contribution in [3.63, 3.8) is 0 Å². The first kappa shape index (κ1) is 11.9. The van der Waals surface area contributed by atoms with Crippen molar-refractivity contribution in [3.05, 3.63) is 54.6 Å². The van der Waals surface area contributed by atoms with E-state index in [9.17, 15) is 5.11 Å². The fourth-order valence-corrected chi connectivity index (χ4v) is 5.26. The van der Waals surface area contributed by atoms with Gasteiger partial charge < -0.3 is 5.11 Å². The molecule has 2 aromatic rings. The second-order valence-electron chi connectivity index (χ2n) is 4.23. The number of aliphatic hydroxyl groups excluding tert-OH is 1. The fourth-order valence-electron chi connectivity index (χ4n) is 2.35. The topological polar surface area (TPSA) is 20.2 Å². The number of rotatable bonds is 2. The number of fused-ring (bicyclic) bond motifs is 1. The molecular weight excluding hydrogens is 364 g/mol. The van der Waals surface area contributed by atoms with Crippen LogP contribution >= 0.6 is 43.2 Å². The van der Waals surface area contributed by atoms with Crippen LogP contribution in [-0.2, 0) is 6.42 Å². The van der Waals surface area contributed by atoms with Crippen molar-refractivity contribution in [1.82, 2.24) is 0 Å². The van der Waals surface area contributed by atoms with Crippen molar-refractivity contribution >= 4 is 43.2 Å². The monoisotopic (exact) mass is 372 g/mol. The highest BCUT2D eigenvalue weighted by Gasteiger charge is 2.33. The average molecular weight is 374 g/mol. The van der Waals surface area contributed by atoms with Gasteiger partial charge in [0.25, 0.3) is 0 Å². The Morgan fingerprint density at radius 2 is 2.06 bits per heavy atom. The molecule has 17 heavy (non-hydrogen) atoms. The molecule has 0 radical (unpaired) electrons. The second-order valence-corrected chi connectivity index (χ2v) is 7.98. The molecule has 88 valence electrons. The van der Waals surface area contributed by atoms with Crippen molar-refractivity contribution in [3.8, 4) is 0 Å². The van der Waals surface area contributed by atoms with Crippen molar-refractivity contribution in [2.45, 2.75) is 18.4 Å². The molecule has 2 unspecified atom stereocenters. The standard InChI is InChI=1S/C13H10Br2OS/c14-11-6-10(13(15)17-11)12(16)9-5-7-3-1-2-4-8(7)9/h1-4,6,9,12,16H,5H2. The summed E-state index contributed by atoms with van der Waals surface area (Å²) < 4.78 is 2.06. The van der Waals surface area contributed by atoms with Gasteiger partial charge in [0.15, 0.2) is 0 Å². The van der Waals surface area contributed by atoms with Crippen LogP contribution in [0.25, 0.3) is 0 Å². The van der Waals surface area contributed by atoms with Crippen molar-refractivity contribution < 1.29 is 5.11 Å². The zero-order valence-corrected chi connectivity index (χ0v) is 12.8. The normalized spacial score (nSPS) is 19.6. The van der Waals surface area contributed by atoms with E-state index in [-0.39, 0.29) is 5.92 Å². The number of thiophene rings is 1. The van der Waals surface area contributed by atoms with Gasteiger partial charge in [-0.3, -0.25) is 0 Å². The molecule has 1 heterocycles. The summed E-state index contributed by atoms with van der Waals surface area (Å²) in [6, 6.07) is 10.3. The van der Waals surface area contributed by atoms with Gasteiger partial charge in [-0.2, -0.15) is 0 Å². The summed E-state index contributed by atoms with van der Waals surface area (Å²) in [6.45, 7) is 0. The Balaban J connectivity index is 1.91. The Morgan fingerprint density at radius 1 is 1.29 bits per heavy atom. The van der Waals surface area contributed by atoms with Gasteiger partial charge in [-0.1, -0.05) is 24.3 Å². The van der Waals surface area contributed by atoms with E-state index >= 15 is 0 Å². The lowest BCUT2D eigenvalue weighted by Crippen LogP contribution is -2.23. The molecule has 1 aromatic carbocycles. The van der Waals surface area contributed by atoms with Crippen LogP contribution in [0.4, 0.5) is 0 Å². The molecule has 3 rings (SSSR count). The van der Waals surface area contributed by atoms with E-state index in [1.54, 1.807) is 11.3 Å². The Kier molecular flexibility index (Phi) is 3.15. The third-order valence-corrected chi connectivity index (χ3v) is 5.66. The summed E-state index contributed by atoms with van der Waals surface area (Å²) in [7, 11) is 0. The number of aliphatic hydroxyl groups is 1. The summed E-state index contributed by atoms with van der Waals surface area (Å²) in [5.41, 5.74) is 3.64. The molecule has 1 N–H and O–H groups in total. The van der Waals surface area contributed by atoms with Crippen LogP contribution in [0.2, 0.25) is 0 Å². The summed E-state index contributed by atoms with van der Waals surface area (Å²) in [5.74, 6) is 0.240. The van der Waals surface area contributed by atoms with Crippen LogP contribution in [0, 0.1) is 0 Å². The molecular formula is C13H10Br2OS.